The van der Waals surface area contributed by atoms with Gasteiger partial charge in [-0.2, -0.15) is 0 Å². The molecule has 2 atom stereocenters. The molecule has 0 fully saturated rings. The molecule has 0 spiro atoms. The van der Waals surface area contributed by atoms with Gasteiger partial charge in [-0.1, -0.05) is 20.3 Å². The fourth-order valence-electron chi connectivity index (χ4n) is 2.34. The average Bonchev–Trinajstić information content (AvgIpc) is 2.41. The molecule has 0 saturated carbocycles. The van der Waals surface area contributed by atoms with Gasteiger partial charge in [0.2, 0.25) is 0 Å². The Bertz CT molecular complexity index is 303. The zero-order valence-corrected chi connectivity index (χ0v) is 19.0. The number of nitrogens with zero attached hydrogens (tertiary/aromatic N) is 2. The molecule has 0 unspecified atom stereocenters. The van der Waals surface area contributed by atoms with Crippen molar-refractivity contribution in [3.05, 3.63) is 5.32 Å². The molecule has 0 bridgehead atoms. The number of rotatable bonds is 13. The third-order valence-electron chi connectivity index (χ3n) is 3.47. The van der Waals surface area contributed by atoms with Crippen LogP contribution >= 0.6 is 7.14 Å². The minimum absolute atomic E-state index is 0. The van der Waals surface area contributed by atoms with E-state index < -0.39 is 7.14 Å². The third kappa shape index (κ3) is 12.6. The predicted molar refractivity (Wildman–Crippen MR) is 91.2 cm³/mol. The predicted octanol–water partition coefficient (Wildman–Crippen LogP) is 3.09. The zero-order chi connectivity index (χ0) is 16.3. The molecule has 0 heterocycles. The Morgan fingerprint density at radius 3 is 2.09 bits per heavy atom. The fraction of sp³-hybridized carbons (Fsp3) is 1.00. The smallest absolute Gasteiger partial charge is 0.0951 e. The van der Waals surface area contributed by atoms with E-state index in [1.54, 1.807) is 14.2 Å². The molecule has 0 aliphatic rings. The Labute approximate surface area is 162 Å². The Hall–Kier alpha value is 1.17. The Balaban J connectivity index is 0. The molecule has 0 aromatic heterocycles. The molecule has 1 radical (unpaired) electrons. The van der Waals surface area contributed by atoms with Gasteiger partial charge in [0, 0.05) is 59.6 Å². The summed E-state index contributed by atoms with van der Waals surface area (Å²) in [5.41, 5.74) is 0. The molecular formula is C15H34N2O3PY-. The van der Waals surface area contributed by atoms with E-state index in [0.717, 1.165) is 25.9 Å². The van der Waals surface area contributed by atoms with Gasteiger partial charge in [0.05, 0.1) is 20.0 Å². The minimum atomic E-state index is -2.09. The summed E-state index contributed by atoms with van der Waals surface area (Å²) in [5, 5.41) is 4.68. The van der Waals surface area contributed by atoms with Gasteiger partial charge in [-0.3, -0.25) is 4.90 Å². The van der Waals surface area contributed by atoms with E-state index >= 15 is 0 Å². The van der Waals surface area contributed by atoms with E-state index in [-0.39, 0.29) is 38.8 Å². The second-order valence-electron chi connectivity index (χ2n) is 5.97. The monoisotopic (exact) mass is 410 g/mol. The summed E-state index contributed by atoms with van der Waals surface area (Å²) in [7, 11) is 1.33. The van der Waals surface area contributed by atoms with Gasteiger partial charge in [-0.25, -0.2) is 0 Å². The Morgan fingerprint density at radius 2 is 1.68 bits per heavy atom. The van der Waals surface area contributed by atoms with Gasteiger partial charge < -0.3 is 19.4 Å². The molecular weight excluding hydrogens is 376 g/mol. The van der Waals surface area contributed by atoms with Crippen LogP contribution in [0, 0.1) is 0 Å². The molecule has 0 aliphatic carbocycles. The second kappa shape index (κ2) is 14.5. The first-order valence-electron chi connectivity index (χ1n) is 7.80. The SMILES string of the molecule is CC[C@@H](COC)[N-]CCN(CP(C)(C)=O)[C@@H](CC)COC.[Y]. The maximum absolute atomic E-state index is 12.2. The van der Waals surface area contributed by atoms with Crippen LogP contribution < -0.4 is 0 Å². The van der Waals surface area contributed by atoms with Crippen molar-refractivity contribution in [2.45, 2.75) is 38.8 Å². The molecule has 0 rings (SSSR count). The van der Waals surface area contributed by atoms with Gasteiger partial charge in [0.1, 0.15) is 0 Å². The van der Waals surface area contributed by atoms with Gasteiger partial charge in [-0.15, -0.1) is 12.6 Å². The summed E-state index contributed by atoms with van der Waals surface area (Å²) < 4.78 is 22.6. The van der Waals surface area contributed by atoms with E-state index in [0.29, 0.717) is 25.5 Å². The summed E-state index contributed by atoms with van der Waals surface area (Å²) >= 11 is 0. The van der Waals surface area contributed by atoms with Gasteiger partial charge in [0.25, 0.3) is 0 Å². The summed E-state index contributed by atoms with van der Waals surface area (Å²) in [6, 6.07) is 0.565. The minimum Gasteiger partial charge on any atom is -0.657 e. The van der Waals surface area contributed by atoms with Crippen LogP contribution in [0.4, 0.5) is 0 Å². The van der Waals surface area contributed by atoms with Crippen LogP contribution in [0.5, 0.6) is 0 Å². The molecule has 0 aromatic rings. The van der Waals surface area contributed by atoms with Crippen LogP contribution in [0.3, 0.4) is 0 Å². The van der Waals surface area contributed by atoms with E-state index in [1.807, 2.05) is 13.3 Å². The van der Waals surface area contributed by atoms with E-state index in [4.69, 9.17) is 9.47 Å². The average molecular weight is 410 g/mol. The topological polar surface area (TPSA) is 52.9 Å². The van der Waals surface area contributed by atoms with Crippen molar-refractivity contribution < 1.29 is 46.7 Å². The molecule has 0 aromatic carbocycles. The van der Waals surface area contributed by atoms with Crippen molar-refractivity contribution in [2.24, 2.45) is 0 Å². The van der Waals surface area contributed by atoms with Crippen molar-refractivity contribution in [2.75, 3.05) is 60.1 Å². The number of hydrogen-bond donors (Lipinski definition) is 0. The Kier molecular flexibility index (Phi) is 16.8. The normalized spacial score (nSPS) is 14.7. The van der Waals surface area contributed by atoms with Crippen molar-refractivity contribution >= 4 is 7.14 Å². The zero-order valence-electron chi connectivity index (χ0n) is 15.2. The number of ether oxygens (including phenoxy) is 2. The molecule has 5 nitrogen and oxygen atoms in total. The summed E-state index contributed by atoms with van der Waals surface area (Å²) in [6.45, 7) is 10.9. The first kappa shape index (κ1) is 25.4. The molecule has 22 heavy (non-hydrogen) atoms. The van der Waals surface area contributed by atoms with Crippen molar-refractivity contribution in [1.29, 1.82) is 0 Å². The molecule has 0 saturated heterocycles. The third-order valence-corrected chi connectivity index (χ3v) is 4.52. The molecule has 7 heteroatoms. The summed E-state index contributed by atoms with van der Waals surface area (Å²) in [5.74, 6) is 0. The van der Waals surface area contributed by atoms with Crippen molar-refractivity contribution in [1.82, 2.24) is 4.90 Å². The maximum Gasteiger partial charge on any atom is 0.0951 e. The maximum atomic E-state index is 12.2. The molecule has 0 amide bonds. The van der Waals surface area contributed by atoms with Gasteiger partial charge in [-0.05, 0) is 26.3 Å². The van der Waals surface area contributed by atoms with E-state index in [2.05, 4.69) is 24.1 Å². The van der Waals surface area contributed by atoms with Gasteiger partial charge >= 0.3 is 0 Å². The standard InChI is InChI=1S/C15H34N2O3P.Y/c1-7-14(11-19-3)16-9-10-17(13-21(5,6)18)15(8-2)12-20-4;/h14-15H,7-13H2,1-6H3;/q-1;/t14-,15-;/m0./s1. The quantitative estimate of drug-likeness (QED) is 0.438. The molecule has 131 valence electrons. The van der Waals surface area contributed by atoms with Crippen LogP contribution in [0.2, 0.25) is 0 Å². The van der Waals surface area contributed by atoms with Crippen LogP contribution in [0.25, 0.3) is 5.32 Å². The Morgan fingerprint density at radius 1 is 1.09 bits per heavy atom. The molecule has 0 aliphatic heterocycles. The van der Waals surface area contributed by atoms with Crippen LogP contribution in [-0.2, 0) is 46.7 Å². The molecule has 0 N–H and O–H groups in total. The first-order valence-corrected chi connectivity index (χ1v) is 10.6. The summed E-state index contributed by atoms with van der Waals surface area (Å²) in [4.78, 5) is 2.27. The van der Waals surface area contributed by atoms with Crippen LogP contribution in [-0.4, -0.2) is 77.1 Å². The van der Waals surface area contributed by atoms with Crippen molar-refractivity contribution in [3.8, 4) is 0 Å². The largest absolute Gasteiger partial charge is 0.657 e. The second-order valence-corrected chi connectivity index (χ2v) is 9.40. The van der Waals surface area contributed by atoms with Gasteiger partial charge in [0.15, 0.2) is 0 Å². The van der Waals surface area contributed by atoms with Crippen LogP contribution in [0.1, 0.15) is 26.7 Å². The first-order chi connectivity index (χ1) is 9.87. The van der Waals surface area contributed by atoms with Crippen LogP contribution in [0.15, 0.2) is 0 Å². The summed E-state index contributed by atoms with van der Waals surface area (Å²) in [6.07, 6.45) is 2.61. The number of methoxy groups -OCH3 is 2. The fourth-order valence-corrected chi connectivity index (χ4v) is 3.59. The van der Waals surface area contributed by atoms with E-state index in [9.17, 15) is 4.57 Å². The van der Waals surface area contributed by atoms with Crippen molar-refractivity contribution in [3.63, 3.8) is 0 Å². The van der Waals surface area contributed by atoms with E-state index in [1.165, 1.54) is 0 Å². The number of hydrogen-bond acceptors (Lipinski definition) is 4.